The van der Waals surface area contributed by atoms with Crippen LogP contribution in [0.25, 0.3) is 0 Å². The molecule has 0 aliphatic carbocycles. The summed E-state index contributed by atoms with van der Waals surface area (Å²) in [6.07, 6.45) is 2.80. The van der Waals surface area contributed by atoms with E-state index in [1.807, 2.05) is 32.6 Å². The van der Waals surface area contributed by atoms with E-state index in [1.54, 1.807) is 9.47 Å². The number of carbonyl (C=O) groups is 2. The summed E-state index contributed by atoms with van der Waals surface area (Å²) in [4.78, 5) is 46.9. The molecule has 1 atom stereocenters. The standard InChI is InChI=1S/C22H33N5O3/c1-14(2)11-18(28)25-8-5-17-16(12-25)19(29)27-10-7-22(20(27)24-17)6-9-26(13-22)21(30)23-15(3)4/h14-15H,5-13H2,1-4H3,(H,23,30)/t22-/m1/s1. The van der Waals surface area contributed by atoms with Crippen molar-refractivity contribution in [3.05, 3.63) is 27.4 Å². The van der Waals surface area contributed by atoms with E-state index in [9.17, 15) is 14.4 Å². The predicted octanol–water partition coefficient (Wildman–Crippen LogP) is 1.64. The van der Waals surface area contributed by atoms with Crippen LogP contribution in [-0.2, 0) is 29.7 Å². The Morgan fingerprint density at radius 2 is 1.83 bits per heavy atom. The maximum Gasteiger partial charge on any atom is 0.317 e. The summed E-state index contributed by atoms with van der Waals surface area (Å²) >= 11 is 0. The van der Waals surface area contributed by atoms with Crippen molar-refractivity contribution in [3.63, 3.8) is 0 Å². The number of hydrogen-bond acceptors (Lipinski definition) is 4. The predicted molar refractivity (Wildman–Crippen MR) is 113 cm³/mol. The zero-order valence-corrected chi connectivity index (χ0v) is 18.5. The maximum absolute atomic E-state index is 13.3. The average molecular weight is 416 g/mol. The summed E-state index contributed by atoms with van der Waals surface area (Å²) in [5.41, 5.74) is 1.28. The number of rotatable bonds is 3. The molecule has 4 heterocycles. The first-order valence-electron chi connectivity index (χ1n) is 11.2. The molecular formula is C22H33N5O3. The number of urea groups is 1. The van der Waals surface area contributed by atoms with Gasteiger partial charge in [0, 0.05) is 50.5 Å². The molecule has 1 saturated heterocycles. The van der Waals surface area contributed by atoms with Crippen LogP contribution in [0.2, 0.25) is 0 Å². The summed E-state index contributed by atoms with van der Waals surface area (Å²) in [7, 11) is 0. The second-order valence-corrected chi connectivity index (χ2v) is 9.79. The van der Waals surface area contributed by atoms with Crippen LogP contribution < -0.4 is 10.9 Å². The third kappa shape index (κ3) is 3.61. The number of likely N-dealkylation sites (tertiary alicyclic amines) is 1. The molecule has 1 N–H and O–H groups in total. The van der Waals surface area contributed by atoms with Crippen LogP contribution >= 0.6 is 0 Å². The molecule has 1 aromatic rings. The lowest BCUT2D eigenvalue weighted by molar-refractivity contribution is -0.132. The van der Waals surface area contributed by atoms with E-state index < -0.39 is 0 Å². The minimum atomic E-state index is -0.229. The third-order valence-electron chi connectivity index (χ3n) is 6.59. The minimum absolute atomic E-state index is 0.000922. The molecule has 3 aliphatic rings. The molecule has 0 unspecified atom stereocenters. The maximum atomic E-state index is 13.3. The Balaban J connectivity index is 1.58. The molecule has 1 fully saturated rings. The van der Waals surface area contributed by atoms with Crippen molar-refractivity contribution in [2.45, 2.75) is 77.9 Å². The van der Waals surface area contributed by atoms with Crippen molar-refractivity contribution in [2.75, 3.05) is 19.6 Å². The lowest BCUT2D eigenvalue weighted by atomic mass is 9.85. The first-order chi connectivity index (χ1) is 14.2. The van der Waals surface area contributed by atoms with E-state index in [1.165, 1.54) is 0 Å². The molecule has 0 saturated carbocycles. The van der Waals surface area contributed by atoms with Gasteiger partial charge in [-0.1, -0.05) is 13.8 Å². The van der Waals surface area contributed by atoms with E-state index in [0.717, 1.165) is 24.4 Å². The largest absolute Gasteiger partial charge is 0.338 e. The van der Waals surface area contributed by atoms with Crippen molar-refractivity contribution >= 4 is 11.9 Å². The highest BCUT2D eigenvalue weighted by Crippen LogP contribution is 2.41. The van der Waals surface area contributed by atoms with Crippen molar-refractivity contribution in [1.82, 2.24) is 24.7 Å². The van der Waals surface area contributed by atoms with Gasteiger partial charge in [0.15, 0.2) is 0 Å². The lowest BCUT2D eigenvalue weighted by Crippen LogP contribution is -2.44. The van der Waals surface area contributed by atoms with Crippen molar-refractivity contribution < 1.29 is 9.59 Å². The van der Waals surface area contributed by atoms with Gasteiger partial charge in [-0.05, 0) is 32.6 Å². The number of carbonyl (C=O) groups excluding carboxylic acids is 2. The number of nitrogens with one attached hydrogen (secondary N) is 1. The minimum Gasteiger partial charge on any atom is -0.338 e. The quantitative estimate of drug-likeness (QED) is 0.813. The van der Waals surface area contributed by atoms with Gasteiger partial charge in [-0.15, -0.1) is 0 Å². The topological polar surface area (TPSA) is 87.5 Å². The molecule has 3 aliphatic heterocycles. The van der Waals surface area contributed by atoms with Crippen molar-refractivity contribution in [3.8, 4) is 0 Å². The number of hydrogen-bond donors (Lipinski definition) is 1. The summed E-state index contributed by atoms with van der Waals surface area (Å²) in [5.74, 6) is 1.25. The number of nitrogens with zero attached hydrogens (tertiary/aromatic N) is 4. The zero-order chi connectivity index (χ0) is 21.6. The van der Waals surface area contributed by atoms with Gasteiger partial charge in [0.05, 0.1) is 17.8 Å². The molecular weight excluding hydrogens is 382 g/mol. The molecule has 8 heteroatoms. The van der Waals surface area contributed by atoms with Gasteiger partial charge in [0.25, 0.3) is 5.56 Å². The zero-order valence-electron chi connectivity index (χ0n) is 18.5. The molecule has 8 nitrogen and oxygen atoms in total. The third-order valence-corrected chi connectivity index (χ3v) is 6.59. The first-order valence-corrected chi connectivity index (χ1v) is 11.2. The summed E-state index contributed by atoms with van der Waals surface area (Å²) in [6.45, 7) is 10.9. The Morgan fingerprint density at radius 3 is 2.53 bits per heavy atom. The average Bonchev–Trinajstić information content (AvgIpc) is 3.26. The SMILES string of the molecule is CC(C)CC(=O)N1CCc2nc3n(c(=O)c2C1)CC[C@@]31CCN(C(=O)NC(C)C)C1. The Bertz CT molecular complexity index is 922. The van der Waals surface area contributed by atoms with Crippen LogP contribution in [0.4, 0.5) is 4.79 Å². The van der Waals surface area contributed by atoms with Gasteiger partial charge in [-0.2, -0.15) is 0 Å². The van der Waals surface area contributed by atoms with Gasteiger partial charge in [0.1, 0.15) is 5.82 Å². The fraction of sp³-hybridized carbons (Fsp3) is 0.727. The van der Waals surface area contributed by atoms with Crippen LogP contribution in [0.5, 0.6) is 0 Å². The molecule has 0 bridgehead atoms. The van der Waals surface area contributed by atoms with E-state index in [4.69, 9.17) is 4.98 Å². The number of fused-ring (bicyclic) bond motifs is 3. The number of aromatic nitrogens is 2. The normalized spacial score (nSPS) is 22.7. The second-order valence-electron chi connectivity index (χ2n) is 9.79. The molecule has 30 heavy (non-hydrogen) atoms. The Morgan fingerprint density at radius 1 is 1.10 bits per heavy atom. The fourth-order valence-electron chi connectivity index (χ4n) is 5.03. The second kappa shape index (κ2) is 7.71. The molecule has 1 spiro atoms. The van der Waals surface area contributed by atoms with E-state index >= 15 is 0 Å². The highest BCUT2D eigenvalue weighted by Gasteiger charge is 2.48. The van der Waals surface area contributed by atoms with Gasteiger partial charge >= 0.3 is 6.03 Å². The van der Waals surface area contributed by atoms with Gasteiger partial charge in [-0.3, -0.25) is 14.2 Å². The van der Waals surface area contributed by atoms with E-state index in [-0.39, 0.29) is 29.0 Å². The molecule has 0 radical (unpaired) electrons. The van der Waals surface area contributed by atoms with Crippen molar-refractivity contribution in [2.24, 2.45) is 5.92 Å². The molecule has 0 aromatic carbocycles. The summed E-state index contributed by atoms with van der Waals surface area (Å²) in [6, 6.07) is 0.0546. The van der Waals surface area contributed by atoms with Gasteiger partial charge in [0.2, 0.25) is 5.91 Å². The Labute approximate surface area is 177 Å². The summed E-state index contributed by atoms with van der Waals surface area (Å²) in [5, 5.41) is 2.97. The van der Waals surface area contributed by atoms with Crippen LogP contribution in [0.15, 0.2) is 4.79 Å². The smallest absolute Gasteiger partial charge is 0.317 e. The van der Waals surface area contributed by atoms with Crippen LogP contribution in [0.1, 0.15) is 64.0 Å². The van der Waals surface area contributed by atoms with Gasteiger partial charge in [-0.25, -0.2) is 9.78 Å². The van der Waals surface area contributed by atoms with Crippen molar-refractivity contribution in [1.29, 1.82) is 0 Å². The van der Waals surface area contributed by atoms with Crippen LogP contribution in [-0.4, -0.2) is 57.0 Å². The van der Waals surface area contributed by atoms with E-state index in [0.29, 0.717) is 57.0 Å². The molecule has 1 aromatic heterocycles. The number of amides is 3. The molecule has 164 valence electrons. The fourth-order valence-corrected chi connectivity index (χ4v) is 5.03. The Kier molecular flexibility index (Phi) is 5.36. The van der Waals surface area contributed by atoms with Crippen LogP contribution in [0, 0.1) is 5.92 Å². The van der Waals surface area contributed by atoms with Crippen LogP contribution in [0.3, 0.4) is 0 Å². The monoisotopic (exact) mass is 415 g/mol. The highest BCUT2D eigenvalue weighted by molar-refractivity contribution is 5.76. The lowest BCUT2D eigenvalue weighted by Gasteiger charge is -2.30. The van der Waals surface area contributed by atoms with E-state index in [2.05, 4.69) is 5.32 Å². The van der Waals surface area contributed by atoms with Gasteiger partial charge < -0.3 is 15.1 Å². The summed E-state index contributed by atoms with van der Waals surface area (Å²) < 4.78 is 1.80. The molecule has 3 amide bonds. The highest BCUT2D eigenvalue weighted by atomic mass is 16.2. The molecule has 4 rings (SSSR count). The Hall–Kier alpha value is -2.38. The first kappa shape index (κ1) is 20.9.